The first kappa shape index (κ1) is 13.5. The van der Waals surface area contributed by atoms with Gasteiger partial charge < -0.3 is 9.64 Å². The van der Waals surface area contributed by atoms with Crippen molar-refractivity contribution in [2.45, 2.75) is 19.3 Å². The summed E-state index contributed by atoms with van der Waals surface area (Å²) in [4.78, 5) is 2.07. The van der Waals surface area contributed by atoms with Gasteiger partial charge in [-0.3, -0.25) is 5.41 Å². The number of amidine groups is 1. The third kappa shape index (κ3) is 3.53. The Morgan fingerprint density at radius 2 is 1.89 bits per heavy atom. The van der Waals surface area contributed by atoms with Crippen LogP contribution in [0, 0.1) is 5.41 Å². The maximum absolute atomic E-state index is 7.97. The predicted octanol–water partition coefficient (Wildman–Crippen LogP) is 3.84. The van der Waals surface area contributed by atoms with Gasteiger partial charge in [0, 0.05) is 19.2 Å². The Labute approximate surface area is 117 Å². The molecule has 1 fully saturated rings. The molecule has 1 aromatic rings. The Morgan fingerprint density at radius 3 is 2.56 bits per heavy atom. The first-order valence-electron chi connectivity index (χ1n) is 6.07. The largest absolute Gasteiger partial charge is 0.486 e. The highest BCUT2D eigenvalue weighted by molar-refractivity contribution is 6.42. The smallest absolute Gasteiger partial charge is 0.145 e. The van der Waals surface area contributed by atoms with E-state index in [1.165, 1.54) is 6.42 Å². The number of piperidine rings is 1. The van der Waals surface area contributed by atoms with Gasteiger partial charge in [-0.05, 0) is 31.4 Å². The van der Waals surface area contributed by atoms with Gasteiger partial charge in [0.1, 0.15) is 18.2 Å². The van der Waals surface area contributed by atoms with Crippen LogP contribution in [0.4, 0.5) is 0 Å². The van der Waals surface area contributed by atoms with Gasteiger partial charge in [-0.1, -0.05) is 23.2 Å². The first-order valence-corrected chi connectivity index (χ1v) is 6.82. The highest BCUT2D eigenvalue weighted by atomic mass is 35.5. The van der Waals surface area contributed by atoms with Gasteiger partial charge in [-0.2, -0.15) is 0 Å². The molecule has 0 aliphatic carbocycles. The molecule has 5 heteroatoms. The van der Waals surface area contributed by atoms with Crippen molar-refractivity contribution in [3.63, 3.8) is 0 Å². The molecule has 1 aromatic carbocycles. The van der Waals surface area contributed by atoms with Gasteiger partial charge in [0.2, 0.25) is 0 Å². The first-order chi connectivity index (χ1) is 8.66. The molecular formula is C13H16Cl2N2O. The number of nitrogens with one attached hydrogen (secondary N) is 1. The maximum atomic E-state index is 7.97. The third-order valence-electron chi connectivity index (χ3n) is 3.00. The second kappa shape index (κ2) is 6.30. The van der Waals surface area contributed by atoms with E-state index in [9.17, 15) is 0 Å². The minimum Gasteiger partial charge on any atom is -0.486 e. The molecule has 1 aliphatic rings. The fourth-order valence-electron chi connectivity index (χ4n) is 1.97. The summed E-state index contributed by atoms with van der Waals surface area (Å²) in [5, 5.41) is 8.95. The van der Waals surface area contributed by atoms with Crippen molar-refractivity contribution in [2.75, 3.05) is 19.7 Å². The molecule has 1 heterocycles. The van der Waals surface area contributed by atoms with E-state index in [4.69, 9.17) is 33.3 Å². The molecule has 0 unspecified atom stereocenters. The Bertz CT molecular complexity index is 431. The van der Waals surface area contributed by atoms with E-state index < -0.39 is 0 Å². The highest BCUT2D eigenvalue weighted by Gasteiger charge is 2.13. The summed E-state index contributed by atoms with van der Waals surface area (Å²) in [7, 11) is 0. The molecule has 98 valence electrons. The van der Waals surface area contributed by atoms with Gasteiger partial charge in [0.15, 0.2) is 0 Å². The molecule has 0 atom stereocenters. The lowest BCUT2D eigenvalue weighted by Crippen LogP contribution is -2.38. The zero-order chi connectivity index (χ0) is 13.0. The van der Waals surface area contributed by atoms with Crippen LogP contribution in [0.15, 0.2) is 18.2 Å². The van der Waals surface area contributed by atoms with Crippen LogP contribution in [0.25, 0.3) is 0 Å². The molecule has 1 N–H and O–H groups in total. The van der Waals surface area contributed by atoms with Crippen LogP contribution in [0.5, 0.6) is 5.75 Å². The van der Waals surface area contributed by atoms with E-state index in [1.807, 2.05) is 0 Å². The molecule has 0 saturated carbocycles. The lowest BCUT2D eigenvalue weighted by Gasteiger charge is -2.28. The zero-order valence-corrected chi connectivity index (χ0v) is 11.6. The zero-order valence-electron chi connectivity index (χ0n) is 10.1. The predicted molar refractivity (Wildman–Crippen MR) is 75.1 cm³/mol. The van der Waals surface area contributed by atoms with Crippen LogP contribution in [-0.2, 0) is 0 Å². The van der Waals surface area contributed by atoms with E-state index in [0.29, 0.717) is 21.6 Å². The summed E-state index contributed by atoms with van der Waals surface area (Å²) < 4.78 is 5.55. The molecule has 0 radical (unpaired) electrons. The number of hydrogen-bond donors (Lipinski definition) is 1. The number of halogens is 2. The average molecular weight is 287 g/mol. The van der Waals surface area contributed by atoms with Crippen LogP contribution in [0.3, 0.4) is 0 Å². The second-order valence-electron chi connectivity index (χ2n) is 4.36. The topological polar surface area (TPSA) is 36.3 Å². The summed E-state index contributed by atoms with van der Waals surface area (Å²) in [5.74, 6) is 1.17. The number of benzene rings is 1. The summed E-state index contributed by atoms with van der Waals surface area (Å²) >= 11 is 11.7. The molecule has 0 bridgehead atoms. The molecule has 2 rings (SSSR count). The third-order valence-corrected chi connectivity index (χ3v) is 3.74. The van der Waals surface area contributed by atoms with Crippen molar-refractivity contribution in [2.24, 2.45) is 0 Å². The van der Waals surface area contributed by atoms with Crippen LogP contribution >= 0.6 is 23.2 Å². The van der Waals surface area contributed by atoms with Crippen LogP contribution < -0.4 is 4.74 Å². The van der Waals surface area contributed by atoms with Crippen molar-refractivity contribution in [1.29, 1.82) is 5.41 Å². The number of hydrogen-bond acceptors (Lipinski definition) is 2. The van der Waals surface area contributed by atoms with E-state index in [0.717, 1.165) is 25.9 Å². The van der Waals surface area contributed by atoms with Gasteiger partial charge in [0.25, 0.3) is 0 Å². The van der Waals surface area contributed by atoms with E-state index in [1.54, 1.807) is 18.2 Å². The average Bonchev–Trinajstić information content (AvgIpc) is 2.41. The summed E-state index contributed by atoms with van der Waals surface area (Å²) in [5.41, 5.74) is 0. The minimum atomic E-state index is 0.276. The molecule has 0 amide bonds. The van der Waals surface area contributed by atoms with E-state index >= 15 is 0 Å². The Balaban J connectivity index is 1.86. The number of likely N-dealkylation sites (tertiary alicyclic amines) is 1. The summed E-state index contributed by atoms with van der Waals surface area (Å²) in [6.45, 7) is 2.20. The van der Waals surface area contributed by atoms with Gasteiger partial charge >= 0.3 is 0 Å². The van der Waals surface area contributed by atoms with Gasteiger partial charge in [-0.15, -0.1) is 0 Å². The SMILES string of the molecule is N=C(COc1ccc(Cl)c(Cl)c1)N1CCCCC1. The fraction of sp³-hybridized carbons (Fsp3) is 0.462. The second-order valence-corrected chi connectivity index (χ2v) is 5.17. The number of ether oxygens (including phenoxy) is 1. The minimum absolute atomic E-state index is 0.276. The van der Waals surface area contributed by atoms with E-state index in [-0.39, 0.29) is 6.61 Å². The van der Waals surface area contributed by atoms with Crippen molar-refractivity contribution in [1.82, 2.24) is 4.90 Å². The monoisotopic (exact) mass is 286 g/mol. The van der Waals surface area contributed by atoms with Crippen LogP contribution in [0.2, 0.25) is 10.0 Å². The molecule has 18 heavy (non-hydrogen) atoms. The highest BCUT2D eigenvalue weighted by Crippen LogP contribution is 2.26. The normalized spacial score (nSPS) is 15.6. The van der Waals surface area contributed by atoms with Crippen molar-refractivity contribution in [3.05, 3.63) is 28.2 Å². The fourth-order valence-corrected chi connectivity index (χ4v) is 2.26. The summed E-state index contributed by atoms with van der Waals surface area (Å²) in [6.07, 6.45) is 3.59. The number of rotatable bonds is 3. The lowest BCUT2D eigenvalue weighted by atomic mass is 10.1. The van der Waals surface area contributed by atoms with Gasteiger partial charge in [-0.25, -0.2) is 0 Å². The van der Waals surface area contributed by atoms with Crippen molar-refractivity contribution < 1.29 is 4.74 Å². The maximum Gasteiger partial charge on any atom is 0.145 e. The van der Waals surface area contributed by atoms with Crippen LogP contribution in [-0.4, -0.2) is 30.4 Å². The number of nitrogens with zero attached hydrogens (tertiary/aromatic N) is 1. The lowest BCUT2D eigenvalue weighted by molar-refractivity contribution is 0.300. The van der Waals surface area contributed by atoms with Gasteiger partial charge in [0.05, 0.1) is 10.0 Å². The van der Waals surface area contributed by atoms with Crippen molar-refractivity contribution >= 4 is 29.0 Å². The quantitative estimate of drug-likeness (QED) is 0.677. The molecule has 1 saturated heterocycles. The standard InChI is InChI=1S/C13H16Cl2N2O/c14-11-5-4-10(8-12(11)15)18-9-13(16)17-6-2-1-3-7-17/h4-5,8,16H,1-3,6-7,9H2. The summed E-state index contributed by atoms with van der Waals surface area (Å²) in [6, 6.07) is 5.13. The molecule has 0 aromatic heterocycles. The molecule has 1 aliphatic heterocycles. The van der Waals surface area contributed by atoms with Crippen molar-refractivity contribution in [3.8, 4) is 5.75 Å². The Hall–Kier alpha value is -0.930. The van der Waals surface area contributed by atoms with Crippen LogP contribution in [0.1, 0.15) is 19.3 Å². The molecule has 0 spiro atoms. The molecule has 3 nitrogen and oxygen atoms in total. The Morgan fingerprint density at radius 1 is 1.17 bits per heavy atom. The molecular weight excluding hydrogens is 271 g/mol. The van der Waals surface area contributed by atoms with E-state index in [2.05, 4.69) is 4.90 Å². The Kier molecular flexibility index (Phi) is 4.72.